The highest BCUT2D eigenvalue weighted by Crippen LogP contribution is 2.38. The molecule has 1 heterocycles. The number of amides is 1. The maximum atomic E-state index is 11.9. The van der Waals surface area contributed by atoms with Crippen LogP contribution < -0.4 is 9.64 Å². The van der Waals surface area contributed by atoms with E-state index in [0.29, 0.717) is 28.0 Å². The number of carbonyl (C=O) groups excluding carboxylic acids is 1. The van der Waals surface area contributed by atoms with Gasteiger partial charge in [-0.1, -0.05) is 22.9 Å². The van der Waals surface area contributed by atoms with Crippen LogP contribution in [0.3, 0.4) is 0 Å². The zero-order valence-electron chi connectivity index (χ0n) is 12.9. The second-order valence-corrected chi connectivity index (χ2v) is 6.28. The van der Waals surface area contributed by atoms with Gasteiger partial charge in [-0.25, -0.2) is 4.98 Å². The first-order valence-electron chi connectivity index (χ1n) is 6.50. The number of carbonyl (C=O) groups is 1. The maximum Gasteiger partial charge on any atom is 0.225 e. The Bertz CT molecular complexity index is 661. The summed E-state index contributed by atoms with van der Waals surface area (Å²) >= 11 is 7.62. The Morgan fingerprint density at radius 2 is 2.05 bits per heavy atom. The number of rotatable bonds is 5. The van der Waals surface area contributed by atoms with Gasteiger partial charge in [-0.15, -0.1) is 12.4 Å². The predicted molar refractivity (Wildman–Crippen MR) is 95.0 cm³/mol. The predicted octanol–water partition coefficient (Wildman–Crippen LogP) is 3.29. The summed E-state index contributed by atoms with van der Waals surface area (Å²) in [5.41, 5.74) is 0.695. The van der Waals surface area contributed by atoms with Gasteiger partial charge in [0.05, 0.1) is 16.8 Å². The fraction of sp³-hybridized carbons (Fsp3) is 0.429. The number of fused-ring (bicyclic) bond motifs is 1. The van der Waals surface area contributed by atoms with E-state index in [1.165, 1.54) is 11.3 Å². The van der Waals surface area contributed by atoms with Crippen molar-refractivity contribution >= 4 is 56.6 Å². The molecule has 1 aromatic heterocycles. The zero-order chi connectivity index (χ0) is 15.6. The molecule has 0 N–H and O–H groups in total. The summed E-state index contributed by atoms with van der Waals surface area (Å²) in [5.74, 6) is 0.624. The van der Waals surface area contributed by atoms with Gasteiger partial charge in [0.2, 0.25) is 5.91 Å². The third-order valence-electron chi connectivity index (χ3n) is 3.05. The number of aromatic nitrogens is 1. The first-order valence-corrected chi connectivity index (χ1v) is 7.69. The molecule has 0 aliphatic heterocycles. The Labute approximate surface area is 145 Å². The lowest BCUT2D eigenvalue weighted by Crippen LogP contribution is -2.35. The Kier molecular flexibility index (Phi) is 6.87. The molecule has 1 amide bonds. The molecule has 122 valence electrons. The zero-order valence-corrected chi connectivity index (χ0v) is 15.3. The van der Waals surface area contributed by atoms with Crippen LogP contribution in [0.4, 0.5) is 5.13 Å². The van der Waals surface area contributed by atoms with Crippen LogP contribution in [0.2, 0.25) is 5.02 Å². The van der Waals surface area contributed by atoms with Crippen LogP contribution in [0.5, 0.6) is 5.75 Å². The molecule has 0 bridgehead atoms. The second-order valence-electron chi connectivity index (χ2n) is 4.90. The van der Waals surface area contributed by atoms with Crippen molar-refractivity contribution in [3.8, 4) is 5.75 Å². The third-order valence-corrected chi connectivity index (χ3v) is 4.59. The highest BCUT2D eigenvalue weighted by atomic mass is 35.5. The molecule has 2 rings (SSSR count). The number of hydrogen-bond acceptors (Lipinski definition) is 5. The minimum absolute atomic E-state index is 0. The van der Waals surface area contributed by atoms with Crippen LogP contribution in [0.25, 0.3) is 10.2 Å². The van der Waals surface area contributed by atoms with E-state index >= 15 is 0 Å². The molecule has 0 radical (unpaired) electrons. The molecule has 0 aliphatic carbocycles. The van der Waals surface area contributed by atoms with Gasteiger partial charge in [0, 0.05) is 20.0 Å². The summed E-state index contributed by atoms with van der Waals surface area (Å²) in [4.78, 5) is 20.1. The van der Waals surface area contributed by atoms with E-state index < -0.39 is 0 Å². The molecule has 0 fully saturated rings. The number of nitrogens with zero attached hydrogens (tertiary/aromatic N) is 3. The quantitative estimate of drug-likeness (QED) is 0.817. The van der Waals surface area contributed by atoms with Crippen LogP contribution in [-0.2, 0) is 4.79 Å². The van der Waals surface area contributed by atoms with Gasteiger partial charge < -0.3 is 9.64 Å². The van der Waals surface area contributed by atoms with Gasteiger partial charge in [-0.2, -0.15) is 0 Å². The van der Waals surface area contributed by atoms with Crippen molar-refractivity contribution in [2.45, 2.75) is 6.92 Å². The minimum Gasteiger partial charge on any atom is -0.494 e. The van der Waals surface area contributed by atoms with Gasteiger partial charge in [0.25, 0.3) is 0 Å². The summed E-state index contributed by atoms with van der Waals surface area (Å²) in [6.45, 7) is 2.89. The molecule has 0 unspecified atom stereocenters. The molecule has 0 atom stereocenters. The molecule has 0 aliphatic rings. The first-order chi connectivity index (χ1) is 9.93. The second kappa shape index (κ2) is 7.97. The molecule has 0 saturated heterocycles. The summed E-state index contributed by atoms with van der Waals surface area (Å²) in [5, 5.41) is 1.26. The summed E-state index contributed by atoms with van der Waals surface area (Å²) in [7, 11) is 5.53. The number of halogens is 2. The van der Waals surface area contributed by atoms with E-state index in [-0.39, 0.29) is 18.3 Å². The monoisotopic (exact) mass is 363 g/mol. The van der Waals surface area contributed by atoms with Gasteiger partial charge >= 0.3 is 0 Å². The molecule has 5 nitrogen and oxygen atoms in total. The number of likely N-dealkylation sites (N-methyl/N-ethyl adjacent to an activating group) is 1. The fourth-order valence-corrected chi connectivity index (χ4v) is 3.24. The average molecular weight is 364 g/mol. The van der Waals surface area contributed by atoms with Crippen molar-refractivity contribution in [2.24, 2.45) is 0 Å². The van der Waals surface area contributed by atoms with Crippen LogP contribution >= 0.6 is 35.3 Å². The fourth-order valence-electron chi connectivity index (χ4n) is 1.91. The van der Waals surface area contributed by atoms with E-state index in [9.17, 15) is 4.79 Å². The molecule has 22 heavy (non-hydrogen) atoms. The summed E-state index contributed by atoms with van der Waals surface area (Å²) in [6, 6.07) is 3.56. The highest BCUT2D eigenvalue weighted by Gasteiger charge is 2.19. The summed E-state index contributed by atoms with van der Waals surface area (Å²) < 4.78 is 6.14. The SMILES string of the molecule is COc1ccc(Cl)c2sc(N(CCN(C)C)C(C)=O)nc12.Cl. The molecular formula is C14H19Cl2N3O2S. The number of anilines is 1. The largest absolute Gasteiger partial charge is 0.494 e. The Hall–Kier alpha value is -1.08. The molecule has 0 saturated carbocycles. The first kappa shape index (κ1) is 19.0. The van der Waals surface area contributed by atoms with Crippen LogP contribution in [0.15, 0.2) is 12.1 Å². The Balaban J connectivity index is 0.00000242. The number of thiazole rings is 1. The van der Waals surface area contributed by atoms with Gasteiger partial charge in [0.1, 0.15) is 11.3 Å². The molecule has 1 aromatic carbocycles. The minimum atomic E-state index is -0.0361. The lowest BCUT2D eigenvalue weighted by atomic mass is 10.3. The molecule has 0 spiro atoms. The average Bonchev–Trinajstić information content (AvgIpc) is 2.84. The highest BCUT2D eigenvalue weighted by molar-refractivity contribution is 7.23. The number of hydrogen-bond donors (Lipinski definition) is 0. The van der Waals surface area contributed by atoms with Crippen molar-refractivity contribution in [2.75, 3.05) is 39.2 Å². The molecule has 8 heteroatoms. The summed E-state index contributed by atoms with van der Waals surface area (Å²) in [6.07, 6.45) is 0. The van der Waals surface area contributed by atoms with Gasteiger partial charge in [-0.05, 0) is 26.2 Å². The van der Waals surface area contributed by atoms with E-state index in [4.69, 9.17) is 16.3 Å². The van der Waals surface area contributed by atoms with Crippen LogP contribution in [-0.4, -0.2) is 50.1 Å². The van der Waals surface area contributed by atoms with E-state index in [2.05, 4.69) is 4.98 Å². The Morgan fingerprint density at radius 3 is 2.59 bits per heavy atom. The van der Waals surface area contributed by atoms with Crippen LogP contribution in [0, 0.1) is 0 Å². The van der Waals surface area contributed by atoms with Crippen molar-refractivity contribution < 1.29 is 9.53 Å². The standard InChI is InChI=1S/C14H18ClN3O2S.ClH/c1-9(19)18(8-7-17(2)3)14-16-12-11(20-4)6-5-10(15)13(12)21-14;/h5-6H,7-8H2,1-4H3;1H. The van der Waals surface area contributed by atoms with E-state index in [1.807, 2.05) is 19.0 Å². The lowest BCUT2D eigenvalue weighted by molar-refractivity contribution is -0.116. The number of benzene rings is 1. The van der Waals surface area contributed by atoms with Gasteiger partial charge in [0.15, 0.2) is 5.13 Å². The normalized spacial score (nSPS) is 10.6. The van der Waals surface area contributed by atoms with Crippen molar-refractivity contribution in [1.82, 2.24) is 9.88 Å². The molecule has 2 aromatic rings. The van der Waals surface area contributed by atoms with Crippen LogP contribution in [0.1, 0.15) is 6.92 Å². The van der Waals surface area contributed by atoms with Crippen molar-refractivity contribution in [3.63, 3.8) is 0 Å². The topological polar surface area (TPSA) is 45.7 Å². The smallest absolute Gasteiger partial charge is 0.225 e. The van der Waals surface area contributed by atoms with E-state index in [0.717, 1.165) is 11.2 Å². The number of methoxy groups -OCH3 is 1. The third kappa shape index (κ3) is 4.01. The Morgan fingerprint density at radius 1 is 1.36 bits per heavy atom. The van der Waals surface area contributed by atoms with Gasteiger partial charge in [-0.3, -0.25) is 9.69 Å². The van der Waals surface area contributed by atoms with Crippen molar-refractivity contribution in [1.29, 1.82) is 0 Å². The molecular weight excluding hydrogens is 345 g/mol. The maximum absolute atomic E-state index is 11.9. The van der Waals surface area contributed by atoms with E-state index in [1.54, 1.807) is 31.1 Å². The lowest BCUT2D eigenvalue weighted by Gasteiger charge is -2.20. The van der Waals surface area contributed by atoms with Crippen molar-refractivity contribution in [3.05, 3.63) is 17.2 Å². The number of ether oxygens (including phenoxy) is 1.